The molecule has 3 aromatic rings. The van der Waals surface area contributed by atoms with Crippen LogP contribution in [-0.2, 0) is 17.1 Å². The summed E-state index contributed by atoms with van der Waals surface area (Å²) in [6.45, 7) is 4.48. The van der Waals surface area contributed by atoms with Crippen molar-refractivity contribution >= 4 is 0 Å². The second kappa shape index (κ2) is 8.58. The summed E-state index contributed by atoms with van der Waals surface area (Å²) in [5.41, 5.74) is 4.13. The molecule has 0 unspecified atom stereocenters. The zero-order valence-electron chi connectivity index (χ0n) is 11.9. The standard InChI is InChI=1S/C14H15.C5H5.Fe/c1-11(2)13-9-5-6-10-14(13)12-7-3-4-8-12;1-2-4-5-3-1;/h3-11H,1-2H3;1-5H;/q-1;-5;. The molecule has 0 atom stereocenters. The first-order valence-electron chi connectivity index (χ1n) is 6.76. The number of benzene rings is 1. The third-order valence-electron chi connectivity index (χ3n) is 3.11. The Morgan fingerprint density at radius 2 is 1.30 bits per heavy atom. The summed E-state index contributed by atoms with van der Waals surface area (Å²) in [4.78, 5) is 0. The molecule has 0 saturated heterocycles. The van der Waals surface area contributed by atoms with Gasteiger partial charge in [-0.2, -0.15) is 12.1 Å². The molecular weight excluding hydrogens is 284 g/mol. The van der Waals surface area contributed by atoms with Crippen LogP contribution in [0.15, 0.2) is 78.9 Å². The Hall–Kier alpha value is -1.56. The minimum absolute atomic E-state index is 0. The molecule has 20 heavy (non-hydrogen) atoms. The fourth-order valence-electron chi connectivity index (χ4n) is 2.14. The van der Waals surface area contributed by atoms with Crippen molar-refractivity contribution in [1.82, 2.24) is 0 Å². The molecule has 0 aliphatic heterocycles. The van der Waals surface area contributed by atoms with Crippen molar-refractivity contribution in [3.63, 3.8) is 0 Å². The van der Waals surface area contributed by atoms with Crippen LogP contribution >= 0.6 is 0 Å². The van der Waals surface area contributed by atoms with E-state index in [0.29, 0.717) is 5.92 Å². The average molecular weight is 304 g/mol. The van der Waals surface area contributed by atoms with E-state index in [2.05, 4.69) is 62.4 Å². The van der Waals surface area contributed by atoms with Gasteiger partial charge in [0.25, 0.3) is 0 Å². The van der Waals surface area contributed by atoms with E-state index in [-0.39, 0.29) is 17.1 Å². The Morgan fingerprint density at radius 3 is 1.80 bits per heavy atom. The fraction of sp³-hybridized carbons (Fsp3) is 0.158. The van der Waals surface area contributed by atoms with Crippen LogP contribution in [0.1, 0.15) is 25.3 Å². The number of hydrogen-bond acceptors (Lipinski definition) is 0. The largest absolute Gasteiger partial charge is 0.748 e. The van der Waals surface area contributed by atoms with Gasteiger partial charge in [0.05, 0.1) is 0 Å². The van der Waals surface area contributed by atoms with Crippen molar-refractivity contribution in [3.8, 4) is 11.1 Å². The molecule has 0 radical (unpaired) electrons. The summed E-state index contributed by atoms with van der Waals surface area (Å²) in [6.07, 6.45) is 0. The first kappa shape index (κ1) is 16.5. The van der Waals surface area contributed by atoms with E-state index in [9.17, 15) is 0 Å². The van der Waals surface area contributed by atoms with Gasteiger partial charge >= 0.3 is 0 Å². The van der Waals surface area contributed by atoms with Gasteiger partial charge in [-0.15, -0.1) is 29.3 Å². The summed E-state index contributed by atoms with van der Waals surface area (Å²) >= 11 is 0. The molecule has 0 fully saturated rings. The van der Waals surface area contributed by atoms with Crippen LogP contribution in [0.5, 0.6) is 0 Å². The van der Waals surface area contributed by atoms with E-state index in [1.54, 1.807) is 0 Å². The van der Waals surface area contributed by atoms with Crippen molar-refractivity contribution in [2.45, 2.75) is 19.8 Å². The molecule has 0 saturated carbocycles. The van der Waals surface area contributed by atoms with Gasteiger partial charge in [0.15, 0.2) is 0 Å². The topological polar surface area (TPSA) is 0 Å². The maximum atomic E-state index is 2.24. The Morgan fingerprint density at radius 1 is 0.800 bits per heavy atom. The van der Waals surface area contributed by atoms with E-state index in [1.165, 1.54) is 16.7 Å². The molecule has 3 rings (SSSR count). The van der Waals surface area contributed by atoms with Gasteiger partial charge < -0.3 is 30.3 Å². The van der Waals surface area contributed by atoms with Crippen molar-refractivity contribution < 1.29 is 17.1 Å². The Kier molecular flexibility index (Phi) is 7.07. The predicted molar refractivity (Wildman–Crippen MR) is 83.6 cm³/mol. The Labute approximate surface area is 132 Å². The first-order valence-corrected chi connectivity index (χ1v) is 6.76. The average Bonchev–Trinajstić information content (AvgIpc) is 3.14. The summed E-state index contributed by atoms with van der Waals surface area (Å²) < 4.78 is 0. The third-order valence-corrected chi connectivity index (χ3v) is 3.11. The molecule has 0 heterocycles. The van der Waals surface area contributed by atoms with Gasteiger partial charge in [0.1, 0.15) is 0 Å². The molecule has 0 aliphatic carbocycles. The molecule has 0 spiro atoms. The molecule has 110 valence electrons. The van der Waals surface area contributed by atoms with Crippen LogP contribution in [0.25, 0.3) is 11.1 Å². The quantitative estimate of drug-likeness (QED) is 0.427. The number of rotatable bonds is 2. The zero-order valence-corrected chi connectivity index (χ0v) is 13.0. The van der Waals surface area contributed by atoms with Gasteiger partial charge in [-0.05, 0) is 5.92 Å². The van der Waals surface area contributed by atoms with Crippen LogP contribution in [0.4, 0.5) is 0 Å². The zero-order chi connectivity index (χ0) is 13.5. The molecule has 0 nitrogen and oxygen atoms in total. The van der Waals surface area contributed by atoms with Gasteiger partial charge in [0, 0.05) is 17.1 Å². The van der Waals surface area contributed by atoms with E-state index < -0.39 is 0 Å². The molecule has 0 aromatic heterocycles. The van der Waals surface area contributed by atoms with Gasteiger partial charge in [-0.3, -0.25) is 0 Å². The minimum Gasteiger partial charge on any atom is -0.748 e. The second-order valence-electron chi connectivity index (χ2n) is 4.88. The van der Waals surface area contributed by atoms with Crippen molar-refractivity contribution in [2.24, 2.45) is 0 Å². The minimum atomic E-state index is 0. The van der Waals surface area contributed by atoms with Crippen molar-refractivity contribution in [3.05, 3.63) is 84.4 Å². The smallest absolute Gasteiger partial charge is 0 e. The van der Waals surface area contributed by atoms with Gasteiger partial charge in [-0.25, -0.2) is 0 Å². The predicted octanol–water partition coefficient (Wildman–Crippen LogP) is 5.60. The van der Waals surface area contributed by atoms with E-state index in [0.717, 1.165) is 0 Å². The van der Waals surface area contributed by atoms with Crippen LogP contribution in [0, 0.1) is 0 Å². The number of hydrogen-bond donors (Lipinski definition) is 0. The van der Waals surface area contributed by atoms with E-state index >= 15 is 0 Å². The Bertz CT molecular complexity index is 542. The van der Waals surface area contributed by atoms with Gasteiger partial charge in [-0.1, -0.05) is 37.6 Å². The molecule has 0 N–H and O–H groups in total. The molecule has 3 aromatic carbocycles. The monoisotopic (exact) mass is 304 g/mol. The summed E-state index contributed by atoms with van der Waals surface area (Å²) in [5, 5.41) is 0. The molecular formula is C19H20Fe-6. The van der Waals surface area contributed by atoms with Crippen LogP contribution in [0.2, 0.25) is 0 Å². The molecule has 0 aliphatic rings. The van der Waals surface area contributed by atoms with Crippen LogP contribution in [0.3, 0.4) is 0 Å². The van der Waals surface area contributed by atoms with Crippen LogP contribution < -0.4 is 0 Å². The summed E-state index contributed by atoms with van der Waals surface area (Å²) in [5.74, 6) is 0.584. The third kappa shape index (κ3) is 4.52. The van der Waals surface area contributed by atoms with Crippen molar-refractivity contribution in [2.75, 3.05) is 0 Å². The van der Waals surface area contributed by atoms with E-state index in [1.807, 2.05) is 30.3 Å². The molecule has 0 amide bonds. The second-order valence-corrected chi connectivity index (χ2v) is 4.88. The maximum Gasteiger partial charge on any atom is 0 e. The summed E-state index contributed by atoms with van der Waals surface area (Å²) in [6, 6.07) is 27.1. The SMILES string of the molecule is CC(C)c1ccccc1-[c-]1cccc1.[Fe].[cH-]1[cH-][cH-][cH-][cH-]1. The van der Waals surface area contributed by atoms with Crippen LogP contribution in [-0.4, -0.2) is 0 Å². The molecule has 0 bridgehead atoms. The normalized spacial score (nSPS) is 9.55. The van der Waals surface area contributed by atoms with E-state index in [4.69, 9.17) is 0 Å². The summed E-state index contributed by atoms with van der Waals surface area (Å²) in [7, 11) is 0. The Balaban J connectivity index is 0.000000283. The van der Waals surface area contributed by atoms with Crippen molar-refractivity contribution in [1.29, 1.82) is 0 Å². The fourth-order valence-corrected chi connectivity index (χ4v) is 2.14. The first-order chi connectivity index (χ1) is 9.29. The molecule has 1 heteroatoms. The maximum absolute atomic E-state index is 2.24. The van der Waals surface area contributed by atoms with Gasteiger partial charge in [0.2, 0.25) is 0 Å².